The van der Waals surface area contributed by atoms with Gasteiger partial charge in [-0.15, -0.1) is 0 Å². The van der Waals surface area contributed by atoms with Gasteiger partial charge < -0.3 is 15.2 Å². The molecule has 2 N–H and O–H groups in total. The molecule has 1 rings (SSSR count). The number of halogens is 1. The van der Waals surface area contributed by atoms with E-state index >= 15 is 0 Å². The van der Waals surface area contributed by atoms with E-state index in [9.17, 15) is 4.39 Å². The highest BCUT2D eigenvalue weighted by Crippen LogP contribution is 2.16. The fraction of sp³-hybridized carbons (Fsp3) is 0.538. The number of benzene rings is 1. The van der Waals surface area contributed by atoms with Gasteiger partial charge in [-0.05, 0) is 12.0 Å². The summed E-state index contributed by atoms with van der Waals surface area (Å²) in [7, 11) is 0. The molecule has 0 spiro atoms. The van der Waals surface area contributed by atoms with Crippen molar-refractivity contribution in [2.75, 3.05) is 19.8 Å². The van der Waals surface area contributed by atoms with E-state index in [0.29, 0.717) is 37.1 Å². The lowest BCUT2D eigenvalue weighted by molar-refractivity contribution is 0.0818. The van der Waals surface area contributed by atoms with E-state index in [4.69, 9.17) is 15.2 Å². The molecule has 0 heterocycles. The monoisotopic (exact) mass is 241 g/mol. The lowest BCUT2D eigenvalue weighted by atomic mass is 10.2. The van der Waals surface area contributed by atoms with Crippen LogP contribution in [-0.4, -0.2) is 19.8 Å². The first kappa shape index (κ1) is 13.9. The fourth-order valence-corrected chi connectivity index (χ4v) is 1.32. The number of nitrogens with two attached hydrogens (primary N) is 1. The molecule has 3 nitrogen and oxygen atoms in total. The van der Waals surface area contributed by atoms with E-state index in [1.165, 1.54) is 6.07 Å². The summed E-state index contributed by atoms with van der Waals surface area (Å²) in [5, 5.41) is 0. The van der Waals surface area contributed by atoms with Gasteiger partial charge in [0.2, 0.25) is 0 Å². The van der Waals surface area contributed by atoms with Crippen molar-refractivity contribution in [3.63, 3.8) is 0 Å². The van der Waals surface area contributed by atoms with Crippen LogP contribution in [0.2, 0.25) is 0 Å². The molecule has 0 saturated heterocycles. The summed E-state index contributed by atoms with van der Waals surface area (Å²) >= 11 is 0. The average Bonchev–Trinajstić information content (AvgIpc) is 2.28. The first-order chi connectivity index (χ1) is 8.13. The quantitative estimate of drug-likeness (QED) is 0.745. The molecule has 0 aliphatic rings. The number of rotatable bonds is 7. The minimum absolute atomic E-state index is 0.198. The molecule has 0 radical (unpaired) electrons. The summed E-state index contributed by atoms with van der Waals surface area (Å²) in [5.74, 6) is 0.692. The van der Waals surface area contributed by atoms with Gasteiger partial charge in [0.15, 0.2) is 0 Å². The van der Waals surface area contributed by atoms with Crippen LogP contribution in [0.15, 0.2) is 18.2 Å². The van der Waals surface area contributed by atoms with Gasteiger partial charge in [0.25, 0.3) is 0 Å². The Balaban J connectivity index is 2.30. The Labute approximate surface area is 102 Å². The molecule has 0 bridgehead atoms. The fourth-order valence-electron chi connectivity index (χ4n) is 1.32. The molecule has 1 aromatic carbocycles. The Bertz CT molecular complexity index is 342. The molecule has 1 aromatic rings. The van der Waals surface area contributed by atoms with E-state index in [2.05, 4.69) is 13.8 Å². The Kier molecular flexibility index (Phi) is 5.94. The largest absolute Gasteiger partial charge is 0.491 e. The van der Waals surface area contributed by atoms with Crippen molar-refractivity contribution in [3.8, 4) is 5.75 Å². The van der Waals surface area contributed by atoms with E-state index in [-0.39, 0.29) is 12.4 Å². The van der Waals surface area contributed by atoms with Crippen molar-refractivity contribution in [2.24, 2.45) is 11.7 Å². The summed E-state index contributed by atoms with van der Waals surface area (Å²) in [6, 6.07) is 4.71. The van der Waals surface area contributed by atoms with Crippen molar-refractivity contribution >= 4 is 0 Å². The van der Waals surface area contributed by atoms with Gasteiger partial charge in [-0.25, -0.2) is 4.39 Å². The second-order valence-corrected chi connectivity index (χ2v) is 4.27. The predicted molar refractivity (Wildman–Crippen MR) is 65.4 cm³/mol. The van der Waals surface area contributed by atoms with Crippen LogP contribution in [0.3, 0.4) is 0 Å². The summed E-state index contributed by atoms with van der Waals surface area (Å²) < 4.78 is 24.1. The van der Waals surface area contributed by atoms with Gasteiger partial charge in [0.05, 0.1) is 6.61 Å². The third-order valence-corrected chi connectivity index (χ3v) is 2.19. The zero-order valence-corrected chi connectivity index (χ0v) is 10.4. The molecule has 0 aromatic heterocycles. The molecule has 0 unspecified atom stereocenters. The van der Waals surface area contributed by atoms with Gasteiger partial charge in [0.1, 0.15) is 18.2 Å². The first-order valence-electron chi connectivity index (χ1n) is 5.82. The van der Waals surface area contributed by atoms with Crippen LogP contribution in [0.1, 0.15) is 19.4 Å². The number of hydrogen-bond acceptors (Lipinski definition) is 3. The van der Waals surface area contributed by atoms with Crippen LogP contribution < -0.4 is 10.5 Å². The van der Waals surface area contributed by atoms with Crippen LogP contribution >= 0.6 is 0 Å². The molecule has 17 heavy (non-hydrogen) atoms. The van der Waals surface area contributed by atoms with Crippen LogP contribution in [0.25, 0.3) is 0 Å². The molecule has 96 valence electrons. The molecular formula is C13H20FNO2. The molecule has 0 saturated carbocycles. The lowest BCUT2D eigenvalue weighted by Gasteiger charge is -2.09. The second kappa shape index (κ2) is 7.25. The normalized spacial score (nSPS) is 10.9. The Morgan fingerprint density at radius 1 is 1.29 bits per heavy atom. The zero-order chi connectivity index (χ0) is 12.7. The Morgan fingerprint density at radius 2 is 2.06 bits per heavy atom. The highest BCUT2D eigenvalue weighted by atomic mass is 19.1. The zero-order valence-electron chi connectivity index (χ0n) is 10.4. The highest BCUT2D eigenvalue weighted by molar-refractivity contribution is 5.28. The van der Waals surface area contributed by atoms with E-state index in [1.807, 2.05) is 0 Å². The van der Waals surface area contributed by atoms with Gasteiger partial charge in [-0.1, -0.05) is 19.9 Å². The molecule has 0 fully saturated rings. The van der Waals surface area contributed by atoms with Gasteiger partial charge >= 0.3 is 0 Å². The standard InChI is InChI=1S/C13H20FNO2/c1-10(2)9-16-5-6-17-12-4-3-11(8-15)13(14)7-12/h3-4,7,10H,5-6,8-9,15H2,1-2H3. The van der Waals surface area contributed by atoms with Crippen LogP contribution in [0.4, 0.5) is 4.39 Å². The van der Waals surface area contributed by atoms with Crippen molar-refractivity contribution in [3.05, 3.63) is 29.6 Å². The third kappa shape index (κ3) is 5.15. The summed E-state index contributed by atoms with van der Waals surface area (Å²) in [6.07, 6.45) is 0. The maximum absolute atomic E-state index is 13.3. The maximum Gasteiger partial charge on any atom is 0.131 e. The second-order valence-electron chi connectivity index (χ2n) is 4.27. The first-order valence-corrected chi connectivity index (χ1v) is 5.82. The minimum Gasteiger partial charge on any atom is -0.491 e. The summed E-state index contributed by atoms with van der Waals surface area (Å²) in [6.45, 7) is 6.02. The molecule has 0 aliphatic carbocycles. The molecule has 0 amide bonds. The van der Waals surface area contributed by atoms with Crippen molar-refractivity contribution in [2.45, 2.75) is 20.4 Å². The van der Waals surface area contributed by atoms with Gasteiger partial charge in [-0.3, -0.25) is 0 Å². The topological polar surface area (TPSA) is 44.5 Å². The van der Waals surface area contributed by atoms with Crippen LogP contribution in [-0.2, 0) is 11.3 Å². The molecule has 4 heteroatoms. The van der Waals surface area contributed by atoms with E-state index in [0.717, 1.165) is 0 Å². The van der Waals surface area contributed by atoms with Crippen LogP contribution in [0.5, 0.6) is 5.75 Å². The average molecular weight is 241 g/mol. The van der Waals surface area contributed by atoms with E-state index in [1.54, 1.807) is 12.1 Å². The maximum atomic E-state index is 13.3. The van der Waals surface area contributed by atoms with Crippen molar-refractivity contribution in [1.29, 1.82) is 0 Å². The van der Waals surface area contributed by atoms with Crippen LogP contribution in [0, 0.1) is 11.7 Å². The minimum atomic E-state index is -0.326. The summed E-state index contributed by atoms with van der Waals surface area (Å²) in [4.78, 5) is 0. The molecule has 0 atom stereocenters. The highest BCUT2D eigenvalue weighted by Gasteiger charge is 2.02. The lowest BCUT2D eigenvalue weighted by Crippen LogP contribution is -2.10. The van der Waals surface area contributed by atoms with Gasteiger partial charge in [-0.2, -0.15) is 0 Å². The SMILES string of the molecule is CC(C)COCCOc1ccc(CN)c(F)c1. The molecule has 0 aliphatic heterocycles. The predicted octanol–water partition coefficient (Wildman–Crippen LogP) is 2.34. The van der Waals surface area contributed by atoms with E-state index < -0.39 is 0 Å². The smallest absolute Gasteiger partial charge is 0.131 e. The molecular weight excluding hydrogens is 221 g/mol. The van der Waals surface area contributed by atoms with Crippen molar-refractivity contribution < 1.29 is 13.9 Å². The van der Waals surface area contributed by atoms with Gasteiger partial charge in [0, 0.05) is 24.8 Å². The third-order valence-electron chi connectivity index (χ3n) is 2.19. The Hall–Kier alpha value is -1.13. The summed E-state index contributed by atoms with van der Waals surface area (Å²) in [5.41, 5.74) is 5.86. The number of hydrogen-bond donors (Lipinski definition) is 1. The van der Waals surface area contributed by atoms with Crippen molar-refractivity contribution in [1.82, 2.24) is 0 Å². The number of ether oxygens (including phenoxy) is 2. The Morgan fingerprint density at radius 3 is 2.65 bits per heavy atom.